The molecule has 2 aromatic carbocycles. The molecule has 22 heavy (non-hydrogen) atoms. The number of anilines is 2. The summed E-state index contributed by atoms with van der Waals surface area (Å²) in [7, 11) is 0. The van der Waals surface area contributed by atoms with Gasteiger partial charge in [0.15, 0.2) is 0 Å². The first-order valence-electron chi connectivity index (χ1n) is 7.60. The van der Waals surface area contributed by atoms with Gasteiger partial charge in [0.25, 0.3) is 0 Å². The Morgan fingerprint density at radius 1 is 1.09 bits per heavy atom. The molecule has 0 spiro atoms. The largest absolute Gasteiger partial charge is 0.370 e. The number of hydrogen-bond acceptors (Lipinski definition) is 2. The Kier molecular flexibility index (Phi) is 4.64. The summed E-state index contributed by atoms with van der Waals surface area (Å²) in [5.74, 6) is -0.0195. The molecule has 1 aliphatic heterocycles. The van der Waals surface area contributed by atoms with Crippen LogP contribution in [0.15, 0.2) is 48.5 Å². The standard InChI is InChI=1S/C18H19ClN2O/c19-15-7-5-6-14(12-15)13-18(22)20-16-8-1-2-9-17(16)21-10-3-4-11-21/h1-2,5-9,12H,3-4,10-11,13H2,(H,20,22). The molecule has 3 rings (SSSR count). The van der Waals surface area contributed by atoms with Crippen LogP contribution in [0.5, 0.6) is 0 Å². The zero-order valence-electron chi connectivity index (χ0n) is 12.4. The lowest BCUT2D eigenvalue weighted by Crippen LogP contribution is -2.21. The molecule has 1 aliphatic rings. The summed E-state index contributed by atoms with van der Waals surface area (Å²) in [5, 5.41) is 3.69. The maximum Gasteiger partial charge on any atom is 0.228 e. The van der Waals surface area contributed by atoms with Crippen LogP contribution in [-0.2, 0) is 11.2 Å². The van der Waals surface area contributed by atoms with E-state index in [1.165, 1.54) is 12.8 Å². The third kappa shape index (κ3) is 3.60. The molecule has 0 aliphatic carbocycles. The highest BCUT2D eigenvalue weighted by Crippen LogP contribution is 2.28. The molecule has 114 valence electrons. The van der Waals surface area contributed by atoms with Crippen molar-refractivity contribution in [3.63, 3.8) is 0 Å². The second-order valence-electron chi connectivity index (χ2n) is 5.57. The fourth-order valence-corrected chi connectivity index (χ4v) is 3.05. The molecule has 1 saturated heterocycles. The molecule has 1 heterocycles. The number of nitrogens with one attached hydrogen (secondary N) is 1. The van der Waals surface area contributed by atoms with E-state index in [9.17, 15) is 4.79 Å². The van der Waals surface area contributed by atoms with Crippen molar-refractivity contribution in [1.82, 2.24) is 0 Å². The number of carbonyl (C=O) groups excluding carboxylic acids is 1. The van der Waals surface area contributed by atoms with Crippen LogP contribution in [0.3, 0.4) is 0 Å². The van der Waals surface area contributed by atoms with E-state index in [0.29, 0.717) is 11.4 Å². The van der Waals surface area contributed by atoms with Crippen LogP contribution >= 0.6 is 11.6 Å². The molecule has 1 amide bonds. The van der Waals surface area contributed by atoms with E-state index in [0.717, 1.165) is 30.0 Å². The van der Waals surface area contributed by atoms with Gasteiger partial charge in [0.05, 0.1) is 17.8 Å². The van der Waals surface area contributed by atoms with E-state index in [4.69, 9.17) is 11.6 Å². The van der Waals surface area contributed by atoms with Gasteiger partial charge in [-0.05, 0) is 42.7 Å². The molecule has 0 radical (unpaired) electrons. The van der Waals surface area contributed by atoms with Crippen molar-refractivity contribution < 1.29 is 4.79 Å². The second-order valence-corrected chi connectivity index (χ2v) is 6.00. The van der Waals surface area contributed by atoms with Gasteiger partial charge in [-0.3, -0.25) is 4.79 Å². The number of hydrogen-bond donors (Lipinski definition) is 1. The van der Waals surface area contributed by atoms with Gasteiger partial charge in [-0.2, -0.15) is 0 Å². The van der Waals surface area contributed by atoms with E-state index in [1.54, 1.807) is 0 Å². The van der Waals surface area contributed by atoms with E-state index >= 15 is 0 Å². The van der Waals surface area contributed by atoms with Gasteiger partial charge in [0.1, 0.15) is 0 Å². The lowest BCUT2D eigenvalue weighted by Gasteiger charge is -2.21. The number of nitrogens with zero attached hydrogens (tertiary/aromatic N) is 1. The minimum atomic E-state index is -0.0195. The first kappa shape index (κ1) is 14.9. The van der Waals surface area contributed by atoms with Crippen molar-refractivity contribution >= 4 is 28.9 Å². The average Bonchev–Trinajstić information content (AvgIpc) is 3.02. The van der Waals surface area contributed by atoms with Crippen molar-refractivity contribution in [3.8, 4) is 0 Å². The topological polar surface area (TPSA) is 32.3 Å². The second kappa shape index (κ2) is 6.84. The molecular weight excluding hydrogens is 296 g/mol. The third-order valence-corrected chi connectivity index (χ3v) is 4.11. The molecule has 4 heteroatoms. The van der Waals surface area contributed by atoms with Gasteiger partial charge in [0.2, 0.25) is 5.91 Å². The number of rotatable bonds is 4. The molecule has 0 saturated carbocycles. The van der Waals surface area contributed by atoms with Crippen LogP contribution in [0.1, 0.15) is 18.4 Å². The third-order valence-electron chi connectivity index (χ3n) is 3.88. The van der Waals surface area contributed by atoms with Crippen molar-refractivity contribution in [3.05, 3.63) is 59.1 Å². The first-order chi connectivity index (χ1) is 10.7. The SMILES string of the molecule is O=C(Cc1cccc(Cl)c1)Nc1ccccc1N1CCCC1. The Balaban J connectivity index is 1.71. The smallest absolute Gasteiger partial charge is 0.228 e. The molecule has 1 fully saturated rings. The highest BCUT2D eigenvalue weighted by molar-refractivity contribution is 6.30. The lowest BCUT2D eigenvalue weighted by atomic mass is 10.1. The summed E-state index contributed by atoms with van der Waals surface area (Å²) in [6, 6.07) is 15.4. The van der Waals surface area contributed by atoms with Gasteiger partial charge in [-0.1, -0.05) is 35.9 Å². The zero-order chi connectivity index (χ0) is 15.4. The van der Waals surface area contributed by atoms with Crippen LogP contribution < -0.4 is 10.2 Å². The highest BCUT2D eigenvalue weighted by atomic mass is 35.5. The minimum absolute atomic E-state index is 0.0195. The quantitative estimate of drug-likeness (QED) is 0.920. The van der Waals surface area contributed by atoms with E-state index in [2.05, 4.69) is 16.3 Å². The Bertz CT molecular complexity index is 666. The Morgan fingerprint density at radius 2 is 1.86 bits per heavy atom. The molecule has 0 unspecified atom stereocenters. The molecule has 0 aromatic heterocycles. The fraction of sp³-hybridized carbons (Fsp3) is 0.278. The minimum Gasteiger partial charge on any atom is -0.370 e. The average molecular weight is 315 g/mol. The Morgan fingerprint density at radius 3 is 2.64 bits per heavy atom. The van der Waals surface area contributed by atoms with Crippen molar-refractivity contribution in [1.29, 1.82) is 0 Å². The molecule has 2 aromatic rings. The van der Waals surface area contributed by atoms with Crippen LogP contribution in [0.25, 0.3) is 0 Å². The predicted octanol–water partition coefficient (Wildman–Crippen LogP) is 4.12. The maximum atomic E-state index is 12.3. The monoisotopic (exact) mass is 314 g/mol. The van der Waals surface area contributed by atoms with Gasteiger partial charge < -0.3 is 10.2 Å². The van der Waals surface area contributed by atoms with Crippen LogP contribution in [0, 0.1) is 0 Å². The summed E-state index contributed by atoms with van der Waals surface area (Å²) in [5.41, 5.74) is 2.92. The van der Waals surface area contributed by atoms with Crippen LogP contribution in [-0.4, -0.2) is 19.0 Å². The van der Waals surface area contributed by atoms with E-state index in [1.807, 2.05) is 42.5 Å². The van der Waals surface area contributed by atoms with E-state index < -0.39 is 0 Å². The summed E-state index contributed by atoms with van der Waals surface area (Å²) < 4.78 is 0. The van der Waals surface area contributed by atoms with Crippen LogP contribution in [0.4, 0.5) is 11.4 Å². The van der Waals surface area contributed by atoms with Crippen molar-refractivity contribution in [2.45, 2.75) is 19.3 Å². The number of amides is 1. The molecule has 0 bridgehead atoms. The van der Waals surface area contributed by atoms with Crippen molar-refractivity contribution in [2.24, 2.45) is 0 Å². The number of halogens is 1. The summed E-state index contributed by atoms with van der Waals surface area (Å²) in [4.78, 5) is 14.6. The summed E-state index contributed by atoms with van der Waals surface area (Å²) in [6.07, 6.45) is 2.75. The summed E-state index contributed by atoms with van der Waals surface area (Å²) in [6.45, 7) is 2.11. The molecule has 0 atom stereocenters. The lowest BCUT2D eigenvalue weighted by molar-refractivity contribution is -0.115. The number of para-hydroxylation sites is 2. The highest BCUT2D eigenvalue weighted by Gasteiger charge is 2.16. The fourth-order valence-electron chi connectivity index (χ4n) is 2.84. The molecule has 1 N–H and O–H groups in total. The van der Waals surface area contributed by atoms with Gasteiger partial charge in [-0.15, -0.1) is 0 Å². The zero-order valence-corrected chi connectivity index (χ0v) is 13.1. The van der Waals surface area contributed by atoms with Crippen LogP contribution in [0.2, 0.25) is 5.02 Å². The van der Waals surface area contributed by atoms with Crippen molar-refractivity contribution in [2.75, 3.05) is 23.3 Å². The molecular formula is C18H19ClN2O. The number of benzene rings is 2. The van der Waals surface area contributed by atoms with Gasteiger partial charge in [0, 0.05) is 18.1 Å². The Labute approximate surface area is 135 Å². The Hall–Kier alpha value is -2.00. The van der Waals surface area contributed by atoms with E-state index in [-0.39, 0.29) is 5.91 Å². The predicted molar refractivity (Wildman–Crippen MR) is 91.7 cm³/mol. The van der Waals surface area contributed by atoms with Gasteiger partial charge >= 0.3 is 0 Å². The maximum absolute atomic E-state index is 12.3. The first-order valence-corrected chi connectivity index (χ1v) is 7.98. The normalized spacial score (nSPS) is 14.1. The van der Waals surface area contributed by atoms with Gasteiger partial charge in [-0.25, -0.2) is 0 Å². The summed E-state index contributed by atoms with van der Waals surface area (Å²) >= 11 is 5.96. The number of carbonyl (C=O) groups is 1. The molecule has 3 nitrogen and oxygen atoms in total.